The number of carboxylic acids is 1. The van der Waals surface area contributed by atoms with Crippen molar-refractivity contribution in [3.05, 3.63) is 21.9 Å². The van der Waals surface area contributed by atoms with Crippen molar-refractivity contribution < 1.29 is 9.90 Å². The van der Waals surface area contributed by atoms with Crippen molar-refractivity contribution in [2.24, 2.45) is 5.92 Å². The number of carbonyl (C=O) groups is 1. The van der Waals surface area contributed by atoms with Crippen molar-refractivity contribution in [2.45, 2.75) is 45.2 Å². The first kappa shape index (κ1) is 12.6. The molecule has 0 unspecified atom stereocenters. The third-order valence-electron chi connectivity index (χ3n) is 3.48. The summed E-state index contributed by atoms with van der Waals surface area (Å²) in [5, 5.41) is 14.1. The zero-order valence-corrected chi connectivity index (χ0v) is 10.9. The minimum atomic E-state index is -0.834. The summed E-state index contributed by atoms with van der Waals surface area (Å²) in [6.07, 6.45) is 5.11. The minimum absolute atomic E-state index is 0.407. The second kappa shape index (κ2) is 5.65. The monoisotopic (exact) mass is 253 g/mol. The van der Waals surface area contributed by atoms with E-state index in [-0.39, 0.29) is 0 Å². The SMILES string of the molecule is CC1CCC(NCc2cc(C(=O)O)cs2)CC1. The Hall–Kier alpha value is -0.870. The number of nitrogens with one attached hydrogen (secondary N) is 1. The van der Waals surface area contributed by atoms with E-state index in [2.05, 4.69) is 12.2 Å². The van der Waals surface area contributed by atoms with Gasteiger partial charge in [-0.3, -0.25) is 0 Å². The van der Waals surface area contributed by atoms with Crippen LogP contribution in [0.4, 0.5) is 0 Å². The molecule has 0 radical (unpaired) electrons. The van der Waals surface area contributed by atoms with Gasteiger partial charge in [0.1, 0.15) is 0 Å². The van der Waals surface area contributed by atoms with Crippen molar-refractivity contribution in [3.63, 3.8) is 0 Å². The summed E-state index contributed by atoms with van der Waals surface area (Å²) in [5.41, 5.74) is 0.407. The number of carboxylic acid groups (broad SMARTS) is 1. The molecule has 1 fully saturated rings. The number of hydrogen-bond donors (Lipinski definition) is 2. The lowest BCUT2D eigenvalue weighted by atomic mass is 9.87. The van der Waals surface area contributed by atoms with E-state index in [0.717, 1.165) is 17.3 Å². The molecule has 2 N–H and O–H groups in total. The van der Waals surface area contributed by atoms with E-state index in [1.165, 1.54) is 37.0 Å². The number of hydrogen-bond acceptors (Lipinski definition) is 3. The highest BCUT2D eigenvalue weighted by Crippen LogP contribution is 2.24. The van der Waals surface area contributed by atoms with E-state index in [1.54, 1.807) is 11.4 Å². The lowest BCUT2D eigenvalue weighted by Crippen LogP contribution is -2.31. The van der Waals surface area contributed by atoms with Crippen molar-refractivity contribution in [1.29, 1.82) is 0 Å². The van der Waals surface area contributed by atoms with E-state index < -0.39 is 5.97 Å². The lowest BCUT2D eigenvalue weighted by Gasteiger charge is -2.26. The van der Waals surface area contributed by atoms with Crippen LogP contribution in [-0.4, -0.2) is 17.1 Å². The molecule has 0 amide bonds. The van der Waals surface area contributed by atoms with Crippen LogP contribution >= 0.6 is 11.3 Å². The Balaban J connectivity index is 1.79. The summed E-state index contributed by atoms with van der Waals surface area (Å²) in [7, 11) is 0. The summed E-state index contributed by atoms with van der Waals surface area (Å²) in [5.74, 6) is 0.0346. The third-order valence-corrected chi connectivity index (χ3v) is 4.42. The van der Waals surface area contributed by atoms with Crippen LogP contribution in [0.5, 0.6) is 0 Å². The molecule has 1 aliphatic rings. The first-order valence-corrected chi connectivity index (χ1v) is 7.07. The van der Waals surface area contributed by atoms with Crippen LogP contribution in [0.2, 0.25) is 0 Å². The van der Waals surface area contributed by atoms with Crippen LogP contribution in [0.3, 0.4) is 0 Å². The summed E-state index contributed by atoms with van der Waals surface area (Å²) in [4.78, 5) is 11.9. The molecule has 2 rings (SSSR count). The van der Waals surface area contributed by atoms with Crippen molar-refractivity contribution in [2.75, 3.05) is 0 Å². The predicted molar refractivity (Wildman–Crippen MR) is 69.5 cm³/mol. The molecule has 1 heterocycles. The van der Waals surface area contributed by atoms with Crippen LogP contribution in [-0.2, 0) is 6.54 Å². The first-order chi connectivity index (χ1) is 8.15. The van der Waals surface area contributed by atoms with Crippen LogP contribution in [0.15, 0.2) is 11.4 Å². The smallest absolute Gasteiger partial charge is 0.336 e. The zero-order valence-electron chi connectivity index (χ0n) is 10.1. The molecule has 0 aliphatic heterocycles. The fourth-order valence-corrected chi connectivity index (χ4v) is 3.10. The maximum absolute atomic E-state index is 10.7. The number of aromatic carboxylic acids is 1. The van der Waals surface area contributed by atoms with Gasteiger partial charge >= 0.3 is 5.97 Å². The average molecular weight is 253 g/mol. The van der Waals surface area contributed by atoms with Gasteiger partial charge in [0.2, 0.25) is 0 Å². The number of thiophene rings is 1. The van der Waals surface area contributed by atoms with E-state index in [9.17, 15) is 4.79 Å². The molecule has 3 nitrogen and oxygen atoms in total. The standard InChI is InChI=1S/C13H19NO2S/c1-9-2-4-11(5-3-9)14-7-12-6-10(8-17-12)13(15)16/h6,8-9,11,14H,2-5,7H2,1H3,(H,15,16). The van der Waals surface area contributed by atoms with Gasteiger partial charge in [-0.15, -0.1) is 11.3 Å². The minimum Gasteiger partial charge on any atom is -0.478 e. The Bertz CT molecular complexity index is 381. The van der Waals surface area contributed by atoms with Crippen molar-refractivity contribution >= 4 is 17.3 Å². The molecule has 4 heteroatoms. The highest BCUT2D eigenvalue weighted by molar-refractivity contribution is 7.10. The highest BCUT2D eigenvalue weighted by Gasteiger charge is 2.17. The average Bonchev–Trinajstić information content (AvgIpc) is 2.77. The maximum Gasteiger partial charge on any atom is 0.336 e. The molecule has 94 valence electrons. The van der Waals surface area contributed by atoms with E-state index in [4.69, 9.17) is 5.11 Å². The van der Waals surface area contributed by atoms with Crippen LogP contribution in [0, 0.1) is 5.92 Å². The van der Waals surface area contributed by atoms with Gasteiger partial charge in [-0.2, -0.15) is 0 Å². The fourth-order valence-electron chi connectivity index (χ4n) is 2.29. The Kier molecular flexibility index (Phi) is 4.18. The molecule has 0 bridgehead atoms. The Morgan fingerprint density at radius 3 is 2.76 bits per heavy atom. The van der Waals surface area contributed by atoms with Gasteiger partial charge in [-0.05, 0) is 37.7 Å². The fraction of sp³-hybridized carbons (Fsp3) is 0.615. The van der Waals surface area contributed by atoms with Gasteiger partial charge in [0.15, 0.2) is 0 Å². The molecular weight excluding hydrogens is 234 g/mol. The van der Waals surface area contributed by atoms with Gasteiger partial charge in [0.05, 0.1) is 5.56 Å². The van der Waals surface area contributed by atoms with E-state index in [1.807, 2.05) is 0 Å². The largest absolute Gasteiger partial charge is 0.478 e. The Morgan fingerprint density at radius 1 is 1.47 bits per heavy atom. The molecular formula is C13H19NO2S. The first-order valence-electron chi connectivity index (χ1n) is 6.19. The quantitative estimate of drug-likeness (QED) is 0.866. The highest BCUT2D eigenvalue weighted by atomic mass is 32.1. The number of rotatable bonds is 4. The predicted octanol–water partition coefficient (Wildman–Crippen LogP) is 3.11. The molecule has 1 aliphatic carbocycles. The van der Waals surface area contributed by atoms with Crippen LogP contribution < -0.4 is 5.32 Å². The Morgan fingerprint density at radius 2 is 2.18 bits per heavy atom. The third kappa shape index (κ3) is 3.54. The second-order valence-electron chi connectivity index (χ2n) is 4.94. The molecule has 1 aromatic heterocycles. The van der Waals surface area contributed by atoms with E-state index in [0.29, 0.717) is 11.6 Å². The molecule has 1 saturated carbocycles. The molecule has 0 aromatic carbocycles. The summed E-state index contributed by atoms with van der Waals surface area (Å²) in [6.45, 7) is 3.12. The van der Waals surface area contributed by atoms with Crippen molar-refractivity contribution in [3.8, 4) is 0 Å². The Labute approximate surface area is 106 Å². The van der Waals surface area contributed by atoms with Crippen LogP contribution in [0.25, 0.3) is 0 Å². The van der Waals surface area contributed by atoms with Gasteiger partial charge < -0.3 is 10.4 Å². The summed E-state index contributed by atoms with van der Waals surface area (Å²) in [6, 6.07) is 2.38. The van der Waals surface area contributed by atoms with Gasteiger partial charge in [0, 0.05) is 22.8 Å². The molecule has 0 atom stereocenters. The summed E-state index contributed by atoms with van der Waals surface area (Å²) < 4.78 is 0. The lowest BCUT2D eigenvalue weighted by molar-refractivity contribution is 0.0697. The van der Waals surface area contributed by atoms with Crippen molar-refractivity contribution in [1.82, 2.24) is 5.32 Å². The maximum atomic E-state index is 10.7. The molecule has 0 saturated heterocycles. The van der Waals surface area contributed by atoms with Gasteiger partial charge in [-0.25, -0.2) is 4.79 Å². The van der Waals surface area contributed by atoms with Crippen LogP contribution in [0.1, 0.15) is 47.8 Å². The molecule has 1 aromatic rings. The molecule has 17 heavy (non-hydrogen) atoms. The van der Waals surface area contributed by atoms with E-state index >= 15 is 0 Å². The van der Waals surface area contributed by atoms with Gasteiger partial charge in [-0.1, -0.05) is 6.92 Å². The van der Waals surface area contributed by atoms with Gasteiger partial charge in [0.25, 0.3) is 0 Å². The summed E-state index contributed by atoms with van der Waals surface area (Å²) >= 11 is 1.52. The molecule has 0 spiro atoms. The second-order valence-corrected chi connectivity index (χ2v) is 5.94. The zero-order chi connectivity index (χ0) is 12.3. The normalized spacial score (nSPS) is 24.8. The topological polar surface area (TPSA) is 49.3 Å².